The molecule has 1 fully saturated rings. The summed E-state index contributed by atoms with van der Waals surface area (Å²) < 4.78 is 0. The first kappa shape index (κ1) is 7.08. The molecule has 0 radical (unpaired) electrons. The van der Waals surface area contributed by atoms with Crippen LogP contribution in [0, 0.1) is 17.3 Å². The van der Waals surface area contributed by atoms with Crippen LogP contribution in [0.3, 0.4) is 0 Å². The third-order valence-electron chi connectivity index (χ3n) is 3.43. The predicted octanol–water partition coefficient (Wildman–Crippen LogP) is 2.18. The van der Waals surface area contributed by atoms with Gasteiger partial charge in [0.2, 0.25) is 0 Å². The molecule has 0 aliphatic heterocycles. The van der Waals surface area contributed by atoms with Crippen molar-refractivity contribution >= 4 is 6.29 Å². The van der Waals surface area contributed by atoms with Gasteiger partial charge < -0.3 is 0 Å². The van der Waals surface area contributed by atoms with Gasteiger partial charge in [0.1, 0.15) is 6.29 Å². The lowest BCUT2D eigenvalue weighted by molar-refractivity contribution is -0.105. The van der Waals surface area contributed by atoms with E-state index in [4.69, 9.17) is 0 Å². The highest BCUT2D eigenvalue weighted by atomic mass is 16.1. The molecule has 1 saturated carbocycles. The Balaban J connectivity index is 2.19. The van der Waals surface area contributed by atoms with Crippen molar-refractivity contribution in [3.8, 4) is 0 Å². The Bertz CT molecular complexity index is 225. The summed E-state index contributed by atoms with van der Waals surface area (Å²) in [6.45, 7) is 4.60. The monoisotopic (exact) mass is 150 g/mol. The smallest absolute Gasteiger partial charge is 0.145 e. The van der Waals surface area contributed by atoms with Crippen molar-refractivity contribution < 1.29 is 4.79 Å². The molecule has 0 amide bonds. The van der Waals surface area contributed by atoms with E-state index in [1.54, 1.807) is 0 Å². The van der Waals surface area contributed by atoms with Crippen LogP contribution in [0.4, 0.5) is 0 Å². The van der Waals surface area contributed by atoms with Gasteiger partial charge in [0.15, 0.2) is 0 Å². The second-order valence-corrected chi connectivity index (χ2v) is 4.35. The van der Waals surface area contributed by atoms with Crippen molar-refractivity contribution in [2.45, 2.75) is 26.7 Å². The summed E-state index contributed by atoms with van der Waals surface area (Å²) in [5.74, 6) is 1.57. The van der Waals surface area contributed by atoms with Crippen molar-refractivity contribution in [3.05, 3.63) is 11.6 Å². The van der Waals surface area contributed by atoms with Gasteiger partial charge in [-0.2, -0.15) is 0 Å². The molecular formula is C10H14O. The summed E-state index contributed by atoms with van der Waals surface area (Å²) >= 11 is 0. The summed E-state index contributed by atoms with van der Waals surface area (Å²) in [4.78, 5) is 10.5. The molecule has 0 aromatic rings. The summed E-state index contributed by atoms with van der Waals surface area (Å²) in [7, 11) is 0. The summed E-state index contributed by atoms with van der Waals surface area (Å²) in [5.41, 5.74) is 1.52. The highest BCUT2D eigenvalue weighted by Crippen LogP contribution is 2.63. The molecule has 0 aromatic heterocycles. The third-order valence-corrected chi connectivity index (χ3v) is 3.43. The van der Waals surface area contributed by atoms with Crippen LogP contribution in [0.1, 0.15) is 26.7 Å². The van der Waals surface area contributed by atoms with E-state index in [9.17, 15) is 4.79 Å². The lowest BCUT2D eigenvalue weighted by atomic mass is 10.0. The van der Waals surface area contributed by atoms with E-state index in [1.165, 1.54) is 6.42 Å². The average Bonchev–Trinajstić information content (AvgIpc) is 2.55. The molecule has 1 heteroatoms. The Morgan fingerprint density at radius 3 is 2.91 bits per heavy atom. The quantitative estimate of drug-likeness (QED) is 0.523. The number of hydrogen-bond acceptors (Lipinski definition) is 1. The van der Waals surface area contributed by atoms with Gasteiger partial charge in [0.05, 0.1) is 0 Å². The Hall–Kier alpha value is -0.590. The van der Waals surface area contributed by atoms with Crippen molar-refractivity contribution in [2.75, 3.05) is 0 Å². The normalized spacial score (nSPS) is 38.9. The van der Waals surface area contributed by atoms with Gasteiger partial charge in [0.25, 0.3) is 0 Å². The molecule has 0 saturated heterocycles. The molecule has 60 valence electrons. The molecule has 1 nitrogen and oxygen atoms in total. The average molecular weight is 150 g/mol. The predicted molar refractivity (Wildman–Crippen MR) is 44.1 cm³/mol. The first-order valence-corrected chi connectivity index (χ1v) is 4.32. The van der Waals surface area contributed by atoms with Crippen LogP contribution in [-0.4, -0.2) is 6.29 Å². The maximum absolute atomic E-state index is 10.5. The molecule has 0 bridgehead atoms. The van der Waals surface area contributed by atoms with Gasteiger partial charge in [-0.3, -0.25) is 4.79 Å². The third kappa shape index (κ3) is 0.867. The minimum atomic E-state index is 0.491. The van der Waals surface area contributed by atoms with E-state index in [0.29, 0.717) is 11.3 Å². The lowest BCUT2D eigenvalue weighted by Gasteiger charge is -2.04. The lowest BCUT2D eigenvalue weighted by Crippen LogP contribution is -1.94. The number of carbonyl (C=O) groups excluding carboxylic acids is 1. The first-order valence-electron chi connectivity index (χ1n) is 4.32. The molecule has 11 heavy (non-hydrogen) atoms. The van der Waals surface area contributed by atoms with Gasteiger partial charge >= 0.3 is 0 Å². The molecule has 2 aliphatic rings. The number of allylic oxidation sites excluding steroid dienone is 2. The second-order valence-electron chi connectivity index (χ2n) is 4.35. The molecule has 2 rings (SSSR count). The van der Waals surface area contributed by atoms with E-state index in [1.807, 2.05) is 0 Å². The maximum atomic E-state index is 10.5. The van der Waals surface area contributed by atoms with Crippen LogP contribution < -0.4 is 0 Å². The van der Waals surface area contributed by atoms with Gasteiger partial charge in [0, 0.05) is 0 Å². The number of fused-ring (bicyclic) bond motifs is 1. The van der Waals surface area contributed by atoms with Crippen LogP contribution in [0.5, 0.6) is 0 Å². The van der Waals surface area contributed by atoms with E-state index in [2.05, 4.69) is 19.9 Å². The van der Waals surface area contributed by atoms with Crippen molar-refractivity contribution in [1.82, 2.24) is 0 Å². The minimum absolute atomic E-state index is 0.491. The number of carbonyl (C=O) groups is 1. The van der Waals surface area contributed by atoms with Crippen LogP contribution in [0.2, 0.25) is 0 Å². The number of hydrogen-bond donors (Lipinski definition) is 0. The molecule has 2 aliphatic carbocycles. The fraction of sp³-hybridized carbons (Fsp3) is 0.700. The number of aldehydes is 1. The molecule has 0 aromatic carbocycles. The highest BCUT2D eigenvalue weighted by molar-refractivity contribution is 5.73. The van der Waals surface area contributed by atoms with Crippen LogP contribution in [0.25, 0.3) is 0 Å². The molecule has 2 atom stereocenters. The largest absolute Gasteiger partial charge is 0.298 e. The Morgan fingerprint density at radius 2 is 2.36 bits per heavy atom. The Morgan fingerprint density at radius 1 is 1.64 bits per heavy atom. The standard InChI is InChI=1S/C10H14O/c1-10(2)8-4-3-7(6-11)5-9(8)10/h5-6,8-9H,3-4H2,1-2H3/t8-,9+/m0/s1. The Labute approximate surface area is 67.5 Å². The summed E-state index contributed by atoms with van der Waals surface area (Å²) in [6.07, 6.45) is 5.43. The fourth-order valence-corrected chi connectivity index (χ4v) is 2.40. The van der Waals surface area contributed by atoms with Crippen molar-refractivity contribution in [3.63, 3.8) is 0 Å². The van der Waals surface area contributed by atoms with Gasteiger partial charge in [-0.05, 0) is 35.7 Å². The van der Waals surface area contributed by atoms with E-state index >= 15 is 0 Å². The van der Waals surface area contributed by atoms with Crippen molar-refractivity contribution in [1.29, 1.82) is 0 Å². The zero-order valence-corrected chi connectivity index (χ0v) is 7.13. The minimum Gasteiger partial charge on any atom is -0.298 e. The molecule has 0 N–H and O–H groups in total. The first-order chi connectivity index (χ1) is 5.16. The van der Waals surface area contributed by atoms with E-state index in [-0.39, 0.29) is 0 Å². The van der Waals surface area contributed by atoms with Crippen LogP contribution in [0.15, 0.2) is 11.6 Å². The molecule has 0 heterocycles. The summed E-state index contributed by atoms with van der Waals surface area (Å²) in [5, 5.41) is 0. The zero-order valence-electron chi connectivity index (χ0n) is 7.13. The number of rotatable bonds is 1. The zero-order chi connectivity index (χ0) is 8.06. The van der Waals surface area contributed by atoms with Crippen molar-refractivity contribution in [2.24, 2.45) is 17.3 Å². The van der Waals surface area contributed by atoms with Crippen LogP contribution in [-0.2, 0) is 4.79 Å². The molecule has 0 unspecified atom stereocenters. The topological polar surface area (TPSA) is 17.1 Å². The van der Waals surface area contributed by atoms with Crippen LogP contribution >= 0.6 is 0 Å². The maximum Gasteiger partial charge on any atom is 0.145 e. The SMILES string of the molecule is CC1(C)[C@@H]2C=C(C=O)CC[C@@H]21. The fourth-order valence-electron chi connectivity index (χ4n) is 2.40. The Kier molecular flexibility index (Phi) is 1.26. The van der Waals surface area contributed by atoms with E-state index < -0.39 is 0 Å². The van der Waals surface area contributed by atoms with Gasteiger partial charge in [-0.1, -0.05) is 19.9 Å². The van der Waals surface area contributed by atoms with Gasteiger partial charge in [-0.25, -0.2) is 0 Å². The highest BCUT2D eigenvalue weighted by Gasteiger charge is 2.56. The van der Waals surface area contributed by atoms with E-state index in [0.717, 1.165) is 24.2 Å². The summed E-state index contributed by atoms with van der Waals surface area (Å²) in [6, 6.07) is 0. The second kappa shape index (κ2) is 1.96. The molecule has 0 spiro atoms. The molecular weight excluding hydrogens is 136 g/mol. The van der Waals surface area contributed by atoms with Gasteiger partial charge in [-0.15, -0.1) is 0 Å².